The number of hydrogen-bond acceptors (Lipinski definition) is 3. The summed E-state index contributed by atoms with van der Waals surface area (Å²) in [6, 6.07) is 0. The second-order valence-electron chi connectivity index (χ2n) is 7.17. The molecule has 0 aromatic rings. The Morgan fingerprint density at radius 2 is 1.55 bits per heavy atom. The summed E-state index contributed by atoms with van der Waals surface area (Å²) in [7, 11) is 2.26. The second-order valence-corrected chi connectivity index (χ2v) is 7.17. The fourth-order valence-electron chi connectivity index (χ4n) is 3.37. The van der Waals surface area contributed by atoms with Gasteiger partial charge in [0.2, 0.25) is 0 Å². The zero-order valence-corrected chi connectivity index (χ0v) is 15.2. The van der Waals surface area contributed by atoms with Crippen molar-refractivity contribution in [2.75, 3.05) is 33.3 Å². The first-order valence-corrected chi connectivity index (χ1v) is 9.76. The van der Waals surface area contributed by atoms with Crippen molar-refractivity contribution >= 4 is 0 Å². The molecule has 0 unspecified atom stereocenters. The molecule has 3 heteroatoms. The number of nitrogens with zero attached hydrogens (tertiary/aromatic N) is 1. The van der Waals surface area contributed by atoms with Crippen LogP contribution in [0, 0.1) is 5.92 Å². The van der Waals surface area contributed by atoms with Gasteiger partial charge >= 0.3 is 0 Å². The minimum atomic E-state index is 0.521. The topological polar surface area (TPSA) is 38.5 Å². The number of nitrogens with two attached hydrogens (primary N) is 1. The predicted octanol–water partition coefficient (Wildman–Crippen LogP) is 4.20. The van der Waals surface area contributed by atoms with Gasteiger partial charge in [0, 0.05) is 6.61 Å². The molecule has 132 valence electrons. The molecule has 3 nitrogen and oxygen atoms in total. The maximum absolute atomic E-state index is 6.02. The Hall–Kier alpha value is -0.120. The summed E-state index contributed by atoms with van der Waals surface area (Å²) in [5.74, 6) is 0.758. The average Bonchev–Trinajstić information content (AvgIpc) is 2.55. The molecule has 0 aliphatic heterocycles. The van der Waals surface area contributed by atoms with Crippen LogP contribution in [0.4, 0.5) is 0 Å². The molecule has 1 aliphatic carbocycles. The number of hydrogen-bond donors (Lipinski definition) is 1. The van der Waals surface area contributed by atoms with Gasteiger partial charge in [-0.15, -0.1) is 0 Å². The molecule has 0 aromatic heterocycles. The van der Waals surface area contributed by atoms with Crippen molar-refractivity contribution in [1.29, 1.82) is 0 Å². The van der Waals surface area contributed by atoms with Crippen LogP contribution in [0.25, 0.3) is 0 Å². The van der Waals surface area contributed by atoms with E-state index in [1.54, 1.807) is 0 Å². The quantitative estimate of drug-likeness (QED) is 0.518. The second kappa shape index (κ2) is 13.3. The van der Waals surface area contributed by atoms with Crippen molar-refractivity contribution < 1.29 is 4.74 Å². The first kappa shape index (κ1) is 19.9. The van der Waals surface area contributed by atoms with E-state index in [1.807, 2.05) is 0 Å². The highest BCUT2D eigenvalue weighted by Crippen LogP contribution is 2.25. The molecule has 1 fully saturated rings. The lowest BCUT2D eigenvalue weighted by Crippen LogP contribution is -2.26. The monoisotopic (exact) mass is 312 g/mol. The van der Waals surface area contributed by atoms with Gasteiger partial charge in [-0.05, 0) is 77.5 Å². The Balaban J connectivity index is 1.84. The lowest BCUT2D eigenvalue weighted by Gasteiger charge is -2.27. The molecule has 1 rings (SSSR count). The fraction of sp³-hybridized carbons (Fsp3) is 1.00. The normalized spacial score (nSPS) is 22.4. The van der Waals surface area contributed by atoms with Gasteiger partial charge in [0.1, 0.15) is 0 Å². The van der Waals surface area contributed by atoms with E-state index in [-0.39, 0.29) is 0 Å². The molecule has 22 heavy (non-hydrogen) atoms. The maximum atomic E-state index is 6.02. The van der Waals surface area contributed by atoms with Crippen molar-refractivity contribution in [3.63, 3.8) is 0 Å². The predicted molar refractivity (Wildman–Crippen MR) is 96.2 cm³/mol. The summed E-state index contributed by atoms with van der Waals surface area (Å²) in [5.41, 5.74) is 5.73. The molecule has 2 N–H and O–H groups in total. The van der Waals surface area contributed by atoms with Gasteiger partial charge in [-0.2, -0.15) is 0 Å². The smallest absolute Gasteiger partial charge is 0.0575 e. The SMILES string of the molecule is CCCCCN(C)CCCCCCO[C@H]1CC[C@H](CN)CC1. The summed E-state index contributed by atoms with van der Waals surface area (Å²) < 4.78 is 6.02. The number of unbranched alkanes of at least 4 members (excludes halogenated alkanes) is 5. The molecule has 0 aromatic carbocycles. The lowest BCUT2D eigenvalue weighted by atomic mass is 9.87. The molecule has 0 atom stereocenters. The summed E-state index contributed by atoms with van der Waals surface area (Å²) in [4.78, 5) is 2.49. The Morgan fingerprint density at radius 3 is 2.18 bits per heavy atom. The molecule has 0 amide bonds. The van der Waals surface area contributed by atoms with Crippen LogP contribution in [0.2, 0.25) is 0 Å². The molecule has 0 saturated heterocycles. The van der Waals surface area contributed by atoms with Crippen LogP contribution in [-0.4, -0.2) is 44.3 Å². The minimum Gasteiger partial charge on any atom is -0.378 e. The highest BCUT2D eigenvalue weighted by Gasteiger charge is 2.20. The molecular weight excluding hydrogens is 272 g/mol. The van der Waals surface area contributed by atoms with Crippen molar-refractivity contribution in [2.45, 2.75) is 83.7 Å². The van der Waals surface area contributed by atoms with Crippen molar-refractivity contribution in [2.24, 2.45) is 11.7 Å². The zero-order chi connectivity index (χ0) is 16.0. The Bertz CT molecular complexity index is 240. The van der Waals surface area contributed by atoms with E-state index in [4.69, 9.17) is 10.5 Å². The third kappa shape index (κ3) is 9.81. The standard InChI is InChI=1S/C19H40N2O/c1-3-4-7-14-21(2)15-8-5-6-9-16-22-19-12-10-18(17-20)11-13-19/h18-19H,3-17,20H2,1-2H3/t18-,19-. The summed E-state index contributed by atoms with van der Waals surface area (Å²) in [5, 5.41) is 0. The summed E-state index contributed by atoms with van der Waals surface area (Å²) >= 11 is 0. The molecule has 0 spiro atoms. The van der Waals surface area contributed by atoms with E-state index >= 15 is 0 Å². The van der Waals surface area contributed by atoms with Gasteiger partial charge in [0.25, 0.3) is 0 Å². The van der Waals surface area contributed by atoms with Crippen molar-refractivity contribution in [1.82, 2.24) is 4.90 Å². The zero-order valence-electron chi connectivity index (χ0n) is 15.2. The van der Waals surface area contributed by atoms with E-state index < -0.39 is 0 Å². The van der Waals surface area contributed by atoms with Crippen LogP contribution >= 0.6 is 0 Å². The van der Waals surface area contributed by atoms with Crippen LogP contribution in [-0.2, 0) is 4.74 Å². The van der Waals surface area contributed by atoms with Crippen LogP contribution in [0.1, 0.15) is 77.6 Å². The van der Waals surface area contributed by atoms with Crippen molar-refractivity contribution in [3.8, 4) is 0 Å². The van der Waals surface area contributed by atoms with Crippen LogP contribution < -0.4 is 5.73 Å². The first-order valence-electron chi connectivity index (χ1n) is 9.76. The minimum absolute atomic E-state index is 0.521. The average molecular weight is 313 g/mol. The molecule has 1 saturated carbocycles. The fourth-order valence-corrected chi connectivity index (χ4v) is 3.37. The molecule has 0 radical (unpaired) electrons. The van der Waals surface area contributed by atoms with Gasteiger partial charge in [-0.3, -0.25) is 0 Å². The van der Waals surface area contributed by atoms with E-state index in [1.165, 1.54) is 83.7 Å². The highest BCUT2D eigenvalue weighted by atomic mass is 16.5. The lowest BCUT2D eigenvalue weighted by molar-refractivity contribution is 0.0169. The van der Waals surface area contributed by atoms with E-state index in [9.17, 15) is 0 Å². The number of rotatable bonds is 13. The molecule has 1 aliphatic rings. The number of ether oxygens (including phenoxy) is 1. The third-order valence-corrected chi connectivity index (χ3v) is 5.06. The first-order chi connectivity index (χ1) is 10.8. The third-order valence-electron chi connectivity index (χ3n) is 5.06. The van der Waals surface area contributed by atoms with Gasteiger partial charge < -0.3 is 15.4 Å². The van der Waals surface area contributed by atoms with Crippen molar-refractivity contribution in [3.05, 3.63) is 0 Å². The van der Waals surface area contributed by atoms with Gasteiger partial charge in [-0.1, -0.05) is 32.6 Å². The van der Waals surface area contributed by atoms with Crippen LogP contribution in [0.15, 0.2) is 0 Å². The van der Waals surface area contributed by atoms with Gasteiger partial charge in [-0.25, -0.2) is 0 Å². The molecular formula is C19H40N2O. The summed E-state index contributed by atoms with van der Waals surface area (Å²) in [6.45, 7) is 6.62. The maximum Gasteiger partial charge on any atom is 0.0575 e. The molecule has 0 heterocycles. The Kier molecular flexibility index (Phi) is 12.1. The largest absolute Gasteiger partial charge is 0.378 e. The van der Waals surface area contributed by atoms with Crippen LogP contribution in [0.5, 0.6) is 0 Å². The van der Waals surface area contributed by atoms with E-state index in [0.29, 0.717) is 6.10 Å². The van der Waals surface area contributed by atoms with Gasteiger partial charge in [0.05, 0.1) is 6.10 Å². The summed E-state index contributed by atoms with van der Waals surface area (Å²) in [6.07, 6.45) is 14.8. The van der Waals surface area contributed by atoms with Crippen LogP contribution in [0.3, 0.4) is 0 Å². The Morgan fingerprint density at radius 1 is 0.909 bits per heavy atom. The van der Waals surface area contributed by atoms with E-state index in [2.05, 4.69) is 18.9 Å². The molecule has 0 bridgehead atoms. The Labute approximate surface area is 139 Å². The van der Waals surface area contributed by atoms with Gasteiger partial charge in [0.15, 0.2) is 0 Å². The highest BCUT2D eigenvalue weighted by molar-refractivity contribution is 4.73. The van der Waals surface area contributed by atoms with E-state index in [0.717, 1.165) is 19.1 Å².